The predicted molar refractivity (Wildman–Crippen MR) is 92.6 cm³/mol. The minimum absolute atomic E-state index is 0.816. The van der Waals surface area contributed by atoms with Crippen molar-refractivity contribution in [3.8, 4) is 11.3 Å². The molecule has 6 heteroatoms. The second-order valence-corrected chi connectivity index (χ2v) is 5.41. The maximum Gasteiger partial charge on any atom is 0.155 e. The third kappa shape index (κ3) is 2.94. The summed E-state index contributed by atoms with van der Waals surface area (Å²) in [6.07, 6.45) is 7.99. The molecule has 0 fully saturated rings. The van der Waals surface area contributed by atoms with Crippen LogP contribution in [0.15, 0.2) is 67.4 Å². The van der Waals surface area contributed by atoms with Crippen LogP contribution in [-0.4, -0.2) is 31.1 Å². The van der Waals surface area contributed by atoms with Crippen molar-refractivity contribution >= 4 is 11.5 Å². The summed E-state index contributed by atoms with van der Waals surface area (Å²) < 4.78 is 1.81. The molecule has 4 heterocycles. The second-order valence-electron chi connectivity index (χ2n) is 5.41. The highest BCUT2D eigenvalue weighted by Crippen LogP contribution is 2.19. The molecule has 0 aromatic carbocycles. The molecule has 0 saturated carbocycles. The Hall–Kier alpha value is -3.28. The molecular formula is C18H16N6. The number of nitrogens with zero attached hydrogens (tertiary/aromatic N) is 5. The van der Waals surface area contributed by atoms with Gasteiger partial charge in [0, 0.05) is 30.7 Å². The Morgan fingerprint density at radius 3 is 2.79 bits per heavy atom. The Morgan fingerprint density at radius 1 is 0.958 bits per heavy atom. The van der Waals surface area contributed by atoms with Crippen molar-refractivity contribution in [2.45, 2.75) is 6.42 Å². The average Bonchev–Trinajstić information content (AvgIpc) is 3.12. The van der Waals surface area contributed by atoms with E-state index in [1.807, 2.05) is 53.3 Å². The molecule has 6 nitrogen and oxygen atoms in total. The van der Waals surface area contributed by atoms with E-state index >= 15 is 0 Å². The zero-order chi connectivity index (χ0) is 16.2. The molecular weight excluding hydrogens is 300 g/mol. The lowest BCUT2D eigenvalue weighted by Crippen LogP contribution is -2.06. The molecule has 1 N–H and O–H groups in total. The first-order valence-electron chi connectivity index (χ1n) is 7.78. The summed E-state index contributed by atoms with van der Waals surface area (Å²) >= 11 is 0. The average molecular weight is 316 g/mol. The molecule has 0 atom stereocenters. The highest BCUT2D eigenvalue weighted by molar-refractivity contribution is 5.63. The summed E-state index contributed by atoms with van der Waals surface area (Å²) in [5.74, 6) is 0.855. The van der Waals surface area contributed by atoms with E-state index in [2.05, 4.69) is 31.4 Å². The fourth-order valence-electron chi connectivity index (χ4n) is 2.59. The van der Waals surface area contributed by atoms with Crippen LogP contribution >= 0.6 is 0 Å². The molecule has 0 unspecified atom stereocenters. The fourth-order valence-corrected chi connectivity index (χ4v) is 2.59. The standard InChI is InChI=1S/C18H16N6/c1-4-16(24-18(5-1)22-13-23-24)15-6-7-17(21-12-15)20-10-8-14-3-2-9-19-11-14/h1-7,9,11-13H,8,10H2,(H,20,21). The molecule has 4 aromatic rings. The third-order valence-electron chi connectivity index (χ3n) is 3.80. The van der Waals surface area contributed by atoms with Gasteiger partial charge in [0.15, 0.2) is 5.65 Å². The molecule has 4 rings (SSSR count). The SMILES string of the molecule is c1cncc(CCNc2ccc(-c3cccc4ncnn34)cn2)c1. The number of rotatable bonds is 5. The van der Waals surface area contributed by atoms with Gasteiger partial charge < -0.3 is 5.32 Å². The van der Waals surface area contributed by atoms with Gasteiger partial charge in [0.2, 0.25) is 0 Å². The van der Waals surface area contributed by atoms with Crippen LogP contribution in [0.5, 0.6) is 0 Å². The van der Waals surface area contributed by atoms with E-state index in [0.29, 0.717) is 0 Å². The molecule has 0 aliphatic rings. The molecule has 24 heavy (non-hydrogen) atoms. The maximum absolute atomic E-state index is 4.49. The van der Waals surface area contributed by atoms with Gasteiger partial charge in [-0.25, -0.2) is 14.5 Å². The van der Waals surface area contributed by atoms with Gasteiger partial charge in [0.05, 0.1) is 5.69 Å². The molecule has 4 aromatic heterocycles. The molecule has 0 radical (unpaired) electrons. The van der Waals surface area contributed by atoms with E-state index in [1.54, 1.807) is 12.5 Å². The summed E-state index contributed by atoms with van der Waals surface area (Å²) in [7, 11) is 0. The van der Waals surface area contributed by atoms with E-state index in [1.165, 1.54) is 5.56 Å². The van der Waals surface area contributed by atoms with E-state index in [9.17, 15) is 0 Å². The second kappa shape index (κ2) is 6.45. The Kier molecular flexibility index (Phi) is 3.85. The first kappa shape index (κ1) is 14.3. The number of aromatic nitrogens is 5. The molecule has 0 aliphatic heterocycles. The third-order valence-corrected chi connectivity index (χ3v) is 3.80. The van der Waals surface area contributed by atoms with Gasteiger partial charge in [-0.2, -0.15) is 5.10 Å². The van der Waals surface area contributed by atoms with Gasteiger partial charge >= 0.3 is 0 Å². The Bertz CT molecular complexity index is 931. The van der Waals surface area contributed by atoms with Gasteiger partial charge in [0.1, 0.15) is 12.1 Å². The van der Waals surface area contributed by atoms with Crippen molar-refractivity contribution < 1.29 is 0 Å². The molecule has 0 amide bonds. The van der Waals surface area contributed by atoms with Crippen LogP contribution < -0.4 is 5.32 Å². The lowest BCUT2D eigenvalue weighted by Gasteiger charge is -2.07. The predicted octanol–water partition coefficient (Wildman–Crippen LogP) is 2.84. The van der Waals surface area contributed by atoms with Gasteiger partial charge in [0.25, 0.3) is 0 Å². The normalized spacial score (nSPS) is 10.8. The minimum Gasteiger partial charge on any atom is -0.370 e. The Morgan fingerprint density at radius 2 is 1.96 bits per heavy atom. The van der Waals surface area contributed by atoms with Crippen LogP contribution in [0.2, 0.25) is 0 Å². The quantitative estimate of drug-likeness (QED) is 0.613. The zero-order valence-electron chi connectivity index (χ0n) is 13.0. The van der Waals surface area contributed by atoms with Crippen molar-refractivity contribution in [1.82, 2.24) is 24.6 Å². The summed E-state index contributed by atoms with van der Waals surface area (Å²) in [6, 6.07) is 14.0. The lowest BCUT2D eigenvalue weighted by molar-refractivity contribution is 0.966. The van der Waals surface area contributed by atoms with Crippen LogP contribution in [-0.2, 0) is 6.42 Å². The summed E-state index contributed by atoms with van der Waals surface area (Å²) in [5, 5.41) is 7.59. The highest BCUT2D eigenvalue weighted by atomic mass is 15.3. The molecule has 0 bridgehead atoms. The number of fused-ring (bicyclic) bond motifs is 1. The van der Waals surface area contributed by atoms with Crippen molar-refractivity contribution in [2.24, 2.45) is 0 Å². The van der Waals surface area contributed by atoms with Gasteiger partial charge in [-0.05, 0) is 42.3 Å². The first-order valence-corrected chi connectivity index (χ1v) is 7.78. The van der Waals surface area contributed by atoms with Crippen LogP contribution in [0.4, 0.5) is 5.82 Å². The molecule has 118 valence electrons. The summed E-state index contributed by atoms with van der Waals surface area (Å²) in [4.78, 5) is 12.8. The Labute approximate surface area is 139 Å². The van der Waals surface area contributed by atoms with Crippen LogP contribution in [0, 0.1) is 0 Å². The molecule has 0 spiro atoms. The fraction of sp³-hybridized carbons (Fsp3) is 0.111. The van der Waals surface area contributed by atoms with Gasteiger partial charge in [-0.15, -0.1) is 0 Å². The van der Waals surface area contributed by atoms with E-state index in [0.717, 1.165) is 35.7 Å². The number of pyridine rings is 3. The smallest absolute Gasteiger partial charge is 0.155 e. The Balaban J connectivity index is 1.46. The molecule has 0 aliphatic carbocycles. The monoisotopic (exact) mass is 316 g/mol. The summed E-state index contributed by atoms with van der Waals surface area (Å²) in [5.41, 5.74) is 4.01. The van der Waals surface area contributed by atoms with Crippen molar-refractivity contribution in [2.75, 3.05) is 11.9 Å². The van der Waals surface area contributed by atoms with Gasteiger partial charge in [-0.3, -0.25) is 4.98 Å². The van der Waals surface area contributed by atoms with Crippen molar-refractivity contribution in [3.05, 3.63) is 72.9 Å². The van der Waals surface area contributed by atoms with E-state index in [4.69, 9.17) is 0 Å². The maximum atomic E-state index is 4.49. The van der Waals surface area contributed by atoms with E-state index < -0.39 is 0 Å². The van der Waals surface area contributed by atoms with Gasteiger partial charge in [-0.1, -0.05) is 12.1 Å². The number of hydrogen-bond donors (Lipinski definition) is 1. The lowest BCUT2D eigenvalue weighted by atomic mass is 10.2. The van der Waals surface area contributed by atoms with Crippen LogP contribution in [0.3, 0.4) is 0 Å². The summed E-state index contributed by atoms with van der Waals surface area (Å²) in [6.45, 7) is 0.816. The number of anilines is 1. The zero-order valence-corrected chi connectivity index (χ0v) is 13.0. The van der Waals surface area contributed by atoms with Crippen molar-refractivity contribution in [1.29, 1.82) is 0 Å². The number of hydrogen-bond acceptors (Lipinski definition) is 5. The highest BCUT2D eigenvalue weighted by Gasteiger charge is 2.05. The molecule has 0 saturated heterocycles. The van der Waals surface area contributed by atoms with Crippen LogP contribution in [0.25, 0.3) is 16.9 Å². The van der Waals surface area contributed by atoms with E-state index in [-0.39, 0.29) is 0 Å². The largest absolute Gasteiger partial charge is 0.370 e. The minimum atomic E-state index is 0.816. The topological polar surface area (TPSA) is 68.0 Å². The van der Waals surface area contributed by atoms with Crippen LogP contribution in [0.1, 0.15) is 5.56 Å². The van der Waals surface area contributed by atoms with Crippen molar-refractivity contribution in [3.63, 3.8) is 0 Å². The number of nitrogens with one attached hydrogen (secondary N) is 1. The first-order chi connectivity index (χ1) is 11.9.